The van der Waals surface area contributed by atoms with Crippen molar-refractivity contribution in [3.8, 4) is 5.75 Å². The Hall–Kier alpha value is -1.08. The molecule has 0 amide bonds. The molecule has 0 heterocycles. The van der Waals surface area contributed by atoms with E-state index in [0.717, 1.165) is 14.9 Å². The minimum atomic E-state index is -0.375. The lowest BCUT2D eigenvalue weighted by Crippen LogP contribution is -2.00. The molecule has 92 valence electrons. The van der Waals surface area contributed by atoms with Crippen LogP contribution >= 0.6 is 22.6 Å². The summed E-state index contributed by atoms with van der Waals surface area (Å²) in [6.07, 6.45) is 3.06. The lowest BCUT2D eigenvalue weighted by molar-refractivity contribution is -0.134. The minimum Gasteiger partial charge on any atom is -0.466 e. The van der Waals surface area contributed by atoms with E-state index in [9.17, 15) is 4.79 Å². The molecule has 4 nitrogen and oxygen atoms in total. The van der Waals surface area contributed by atoms with Gasteiger partial charge in [-0.1, -0.05) is 6.07 Å². The van der Waals surface area contributed by atoms with Gasteiger partial charge in [0.05, 0.1) is 10.7 Å². The summed E-state index contributed by atoms with van der Waals surface area (Å²) in [5, 5.41) is 0. The van der Waals surface area contributed by atoms with Crippen molar-refractivity contribution in [2.75, 3.05) is 21.0 Å². The Kier molecular flexibility index (Phi) is 5.99. The van der Waals surface area contributed by atoms with Crippen molar-refractivity contribution in [1.29, 1.82) is 0 Å². The van der Waals surface area contributed by atoms with Gasteiger partial charge in [0.1, 0.15) is 5.75 Å². The van der Waals surface area contributed by atoms with Gasteiger partial charge in [0.2, 0.25) is 0 Å². The number of halogens is 1. The molecular formula is C12H13IO4. The highest BCUT2D eigenvalue weighted by Crippen LogP contribution is 2.22. The van der Waals surface area contributed by atoms with Gasteiger partial charge in [0.15, 0.2) is 6.79 Å². The van der Waals surface area contributed by atoms with Crippen molar-refractivity contribution < 1.29 is 19.0 Å². The summed E-state index contributed by atoms with van der Waals surface area (Å²) in [6, 6.07) is 5.59. The molecule has 0 spiro atoms. The molecule has 0 saturated carbocycles. The van der Waals surface area contributed by atoms with E-state index in [0.29, 0.717) is 0 Å². The Morgan fingerprint density at radius 3 is 2.76 bits per heavy atom. The van der Waals surface area contributed by atoms with Crippen LogP contribution in [0.15, 0.2) is 24.3 Å². The quantitative estimate of drug-likeness (QED) is 0.355. The smallest absolute Gasteiger partial charge is 0.330 e. The maximum atomic E-state index is 10.9. The fourth-order valence-corrected chi connectivity index (χ4v) is 1.79. The maximum Gasteiger partial charge on any atom is 0.330 e. The van der Waals surface area contributed by atoms with E-state index in [-0.39, 0.29) is 12.8 Å². The molecule has 0 atom stereocenters. The number of ether oxygens (including phenoxy) is 3. The summed E-state index contributed by atoms with van der Waals surface area (Å²) < 4.78 is 15.6. The van der Waals surface area contributed by atoms with E-state index in [1.165, 1.54) is 13.2 Å². The van der Waals surface area contributed by atoms with E-state index < -0.39 is 0 Å². The topological polar surface area (TPSA) is 44.8 Å². The first-order chi connectivity index (χ1) is 8.17. The predicted octanol–water partition coefficient (Wildman–Crippen LogP) is 2.46. The Morgan fingerprint density at radius 2 is 2.18 bits per heavy atom. The first-order valence-corrected chi connectivity index (χ1v) is 5.92. The molecule has 0 aliphatic carbocycles. The average Bonchev–Trinajstić information content (AvgIpc) is 2.34. The molecule has 0 bridgehead atoms. The number of hydrogen-bond acceptors (Lipinski definition) is 4. The minimum absolute atomic E-state index is 0.216. The van der Waals surface area contributed by atoms with Crippen molar-refractivity contribution >= 4 is 34.6 Å². The molecule has 1 aromatic carbocycles. The summed E-state index contributed by atoms with van der Waals surface area (Å²) >= 11 is 2.16. The Morgan fingerprint density at radius 1 is 1.41 bits per heavy atom. The van der Waals surface area contributed by atoms with Gasteiger partial charge in [0.25, 0.3) is 0 Å². The molecule has 17 heavy (non-hydrogen) atoms. The number of carbonyl (C=O) groups is 1. The van der Waals surface area contributed by atoms with Gasteiger partial charge in [-0.25, -0.2) is 4.79 Å². The normalized spacial score (nSPS) is 10.5. The van der Waals surface area contributed by atoms with Crippen molar-refractivity contribution in [3.05, 3.63) is 33.4 Å². The third-order valence-electron chi connectivity index (χ3n) is 1.90. The Labute approximate surface area is 114 Å². The zero-order valence-corrected chi connectivity index (χ0v) is 11.8. The molecule has 0 aliphatic heterocycles. The summed E-state index contributed by atoms with van der Waals surface area (Å²) in [5.74, 6) is 0.377. The van der Waals surface area contributed by atoms with E-state index in [1.807, 2.05) is 18.2 Å². The number of rotatable bonds is 5. The average molecular weight is 348 g/mol. The van der Waals surface area contributed by atoms with Gasteiger partial charge in [-0.05, 0) is 46.4 Å². The van der Waals surface area contributed by atoms with Crippen molar-refractivity contribution in [2.24, 2.45) is 0 Å². The molecule has 0 saturated heterocycles. The van der Waals surface area contributed by atoms with Crippen LogP contribution in [0.2, 0.25) is 0 Å². The van der Waals surface area contributed by atoms with E-state index in [1.54, 1.807) is 13.2 Å². The van der Waals surface area contributed by atoms with Crippen LogP contribution < -0.4 is 4.74 Å². The van der Waals surface area contributed by atoms with Crippen molar-refractivity contribution in [1.82, 2.24) is 0 Å². The van der Waals surface area contributed by atoms with Crippen molar-refractivity contribution in [3.63, 3.8) is 0 Å². The number of benzene rings is 1. The van der Waals surface area contributed by atoms with Crippen molar-refractivity contribution in [2.45, 2.75) is 0 Å². The zero-order chi connectivity index (χ0) is 12.7. The molecule has 1 aromatic rings. The van der Waals surface area contributed by atoms with Crippen LogP contribution in [-0.4, -0.2) is 27.0 Å². The predicted molar refractivity (Wildman–Crippen MR) is 72.7 cm³/mol. The summed E-state index contributed by atoms with van der Waals surface area (Å²) in [4.78, 5) is 10.9. The maximum absolute atomic E-state index is 10.9. The second kappa shape index (κ2) is 7.29. The molecule has 0 unspecified atom stereocenters. The van der Waals surface area contributed by atoms with Gasteiger partial charge in [-0.15, -0.1) is 0 Å². The SMILES string of the molecule is COCOc1ccc(/C=C\C(=O)OC)cc1I. The third kappa shape index (κ3) is 4.74. The van der Waals surface area contributed by atoms with Crippen LogP contribution in [0, 0.1) is 3.57 Å². The van der Waals surface area contributed by atoms with Gasteiger partial charge < -0.3 is 14.2 Å². The van der Waals surface area contributed by atoms with E-state index >= 15 is 0 Å². The fourth-order valence-electron chi connectivity index (χ4n) is 1.09. The number of methoxy groups -OCH3 is 2. The highest BCUT2D eigenvalue weighted by Gasteiger charge is 2.01. The standard InChI is InChI=1S/C12H13IO4/c1-15-8-17-11-5-3-9(7-10(11)13)4-6-12(14)16-2/h3-7H,8H2,1-2H3/b6-4-. The van der Waals surface area contributed by atoms with E-state index in [4.69, 9.17) is 9.47 Å². The molecule has 0 radical (unpaired) electrons. The van der Waals surface area contributed by atoms with Gasteiger partial charge in [0, 0.05) is 13.2 Å². The molecule has 0 fully saturated rings. The Balaban J connectivity index is 2.74. The molecule has 5 heteroatoms. The molecular weight excluding hydrogens is 335 g/mol. The fraction of sp³-hybridized carbons (Fsp3) is 0.250. The molecule has 0 aromatic heterocycles. The van der Waals surface area contributed by atoms with Gasteiger partial charge >= 0.3 is 5.97 Å². The molecule has 1 rings (SSSR count). The van der Waals surface area contributed by atoms with Crippen LogP contribution in [0.1, 0.15) is 5.56 Å². The van der Waals surface area contributed by atoms with Crippen LogP contribution in [0.3, 0.4) is 0 Å². The summed E-state index contributed by atoms with van der Waals surface area (Å²) in [7, 11) is 2.92. The lowest BCUT2D eigenvalue weighted by Gasteiger charge is -2.07. The lowest BCUT2D eigenvalue weighted by atomic mass is 10.2. The monoisotopic (exact) mass is 348 g/mol. The van der Waals surface area contributed by atoms with Crippen LogP contribution in [0.25, 0.3) is 6.08 Å². The zero-order valence-electron chi connectivity index (χ0n) is 9.60. The van der Waals surface area contributed by atoms with E-state index in [2.05, 4.69) is 27.3 Å². The van der Waals surface area contributed by atoms with Crippen LogP contribution in [0.4, 0.5) is 0 Å². The first kappa shape index (κ1) is 14.0. The second-order valence-electron chi connectivity index (χ2n) is 3.10. The molecule has 0 aliphatic rings. The number of hydrogen-bond donors (Lipinski definition) is 0. The highest BCUT2D eigenvalue weighted by atomic mass is 127. The van der Waals surface area contributed by atoms with Crippen LogP contribution in [-0.2, 0) is 14.3 Å². The van der Waals surface area contributed by atoms with Gasteiger partial charge in [-0.2, -0.15) is 0 Å². The second-order valence-corrected chi connectivity index (χ2v) is 4.26. The highest BCUT2D eigenvalue weighted by molar-refractivity contribution is 14.1. The summed E-state index contributed by atoms with van der Waals surface area (Å²) in [6.45, 7) is 0.216. The Bertz CT molecular complexity index is 415. The van der Waals surface area contributed by atoms with Gasteiger partial charge in [-0.3, -0.25) is 0 Å². The molecule has 0 N–H and O–H groups in total. The first-order valence-electron chi connectivity index (χ1n) is 4.84. The van der Waals surface area contributed by atoms with Crippen LogP contribution in [0.5, 0.6) is 5.75 Å². The summed E-state index contributed by atoms with van der Waals surface area (Å²) in [5.41, 5.74) is 0.907. The third-order valence-corrected chi connectivity index (χ3v) is 2.74. The number of carbonyl (C=O) groups excluding carboxylic acids is 1. The largest absolute Gasteiger partial charge is 0.466 e. The number of esters is 1.